The predicted octanol–water partition coefficient (Wildman–Crippen LogP) is 1.94. The van der Waals surface area contributed by atoms with Gasteiger partial charge in [0.25, 0.3) is 0 Å². The lowest BCUT2D eigenvalue weighted by Gasteiger charge is -2.10. The average Bonchev–Trinajstić information content (AvgIpc) is 2.67. The van der Waals surface area contributed by atoms with E-state index >= 15 is 0 Å². The lowest BCUT2D eigenvalue weighted by Crippen LogP contribution is -2.11. The normalized spacial score (nSPS) is 12.9. The van der Waals surface area contributed by atoms with Gasteiger partial charge in [-0.1, -0.05) is 6.07 Å². The maximum Gasteiger partial charge on any atom is 0.129 e. The monoisotopic (exact) mass is 231 g/mol. The lowest BCUT2D eigenvalue weighted by molar-refractivity contribution is -0.117. The maximum absolute atomic E-state index is 10.9. The summed E-state index contributed by atoms with van der Waals surface area (Å²) in [5.74, 6) is 0.180. The molecule has 0 bridgehead atoms. The number of benzene rings is 1. The van der Waals surface area contributed by atoms with Crippen molar-refractivity contribution in [2.75, 3.05) is 0 Å². The van der Waals surface area contributed by atoms with E-state index in [-0.39, 0.29) is 11.8 Å². The number of nitrogens with zero attached hydrogens (tertiary/aromatic N) is 2. The molecular weight excluding hydrogens is 214 g/mol. The van der Waals surface area contributed by atoms with Crippen molar-refractivity contribution >= 4 is 16.8 Å². The first-order valence-corrected chi connectivity index (χ1v) is 5.74. The van der Waals surface area contributed by atoms with E-state index < -0.39 is 0 Å². The van der Waals surface area contributed by atoms with Crippen molar-refractivity contribution in [3.63, 3.8) is 0 Å². The zero-order valence-corrected chi connectivity index (χ0v) is 10.2. The number of Topliss-reactive ketones (excluding diaryl/α,β-unsaturated/α-hetero) is 1. The van der Waals surface area contributed by atoms with Crippen molar-refractivity contribution in [1.29, 1.82) is 0 Å². The molecule has 0 fully saturated rings. The highest BCUT2D eigenvalue weighted by Crippen LogP contribution is 2.20. The number of aromatic nitrogens is 2. The van der Waals surface area contributed by atoms with Gasteiger partial charge in [0.15, 0.2) is 0 Å². The van der Waals surface area contributed by atoms with E-state index in [0.717, 1.165) is 16.6 Å². The largest absolute Gasteiger partial charge is 0.334 e. The molecule has 90 valence electrons. The summed E-state index contributed by atoms with van der Waals surface area (Å²) in [7, 11) is 1.96. The molecule has 1 heterocycles. The van der Waals surface area contributed by atoms with Crippen molar-refractivity contribution in [3.05, 3.63) is 30.1 Å². The quantitative estimate of drug-likeness (QED) is 0.874. The Morgan fingerprint density at radius 3 is 3.00 bits per heavy atom. The molecule has 1 aromatic heterocycles. The Morgan fingerprint density at radius 2 is 2.29 bits per heavy atom. The fourth-order valence-corrected chi connectivity index (χ4v) is 1.91. The smallest absolute Gasteiger partial charge is 0.129 e. The number of rotatable bonds is 4. The molecule has 1 atom stereocenters. The van der Waals surface area contributed by atoms with Crippen LogP contribution in [0.25, 0.3) is 11.0 Å². The molecule has 1 unspecified atom stereocenters. The summed E-state index contributed by atoms with van der Waals surface area (Å²) in [4.78, 5) is 15.2. The van der Waals surface area contributed by atoms with Gasteiger partial charge >= 0.3 is 0 Å². The van der Waals surface area contributed by atoms with Crippen LogP contribution in [-0.2, 0) is 11.8 Å². The van der Waals surface area contributed by atoms with Crippen molar-refractivity contribution < 1.29 is 4.79 Å². The number of aryl methyl sites for hydroxylation is 1. The van der Waals surface area contributed by atoms with Crippen LogP contribution < -0.4 is 5.73 Å². The molecule has 0 aliphatic rings. The highest BCUT2D eigenvalue weighted by Gasteiger charge is 2.09. The summed E-state index contributed by atoms with van der Waals surface area (Å²) in [6.07, 6.45) is 3.00. The van der Waals surface area contributed by atoms with E-state index in [4.69, 9.17) is 5.73 Å². The first-order valence-electron chi connectivity index (χ1n) is 5.74. The van der Waals surface area contributed by atoms with Gasteiger partial charge in [0.05, 0.1) is 17.4 Å². The molecule has 17 heavy (non-hydrogen) atoms. The second-order valence-corrected chi connectivity index (χ2v) is 4.45. The Balaban J connectivity index is 2.21. The summed E-state index contributed by atoms with van der Waals surface area (Å²) >= 11 is 0. The standard InChI is InChI=1S/C13H17N3O/c1-9(17)3-5-11(14)10-4-6-13-12(7-10)15-8-16(13)2/h4,6-8,11H,3,5,14H2,1-2H3. The van der Waals surface area contributed by atoms with Gasteiger partial charge < -0.3 is 15.1 Å². The number of hydrogen-bond acceptors (Lipinski definition) is 3. The summed E-state index contributed by atoms with van der Waals surface area (Å²) in [6, 6.07) is 5.94. The van der Waals surface area contributed by atoms with Gasteiger partial charge in [0, 0.05) is 19.5 Å². The van der Waals surface area contributed by atoms with Crippen LogP contribution in [0.2, 0.25) is 0 Å². The number of hydrogen-bond donors (Lipinski definition) is 1. The zero-order chi connectivity index (χ0) is 12.4. The molecule has 2 N–H and O–H groups in total. The fraction of sp³-hybridized carbons (Fsp3) is 0.385. The van der Waals surface area contributed by atoms with E-state index in [2.05, 4.69) is 4.98 Å². The SMILES string of the molecule is CC(=O)CCC(N)c1ccc2c(c1)ncn2C. The molecule has 0 aliphatic heterocycles. The number of carbonyl (C=O) groups excluding carboxylic acids is 1. The maximum atomic E-state index is 10.9. The predicted molar refractivity (Wildman–Crippen MR) is 67.6 cm³/mol. The number of imidazole rings is 1. The molecule has 2 aromatic rings. The number of carbonyl (C=O) groups is 1. The zero-order valence-electron chi connectivity index (χ0n) is 10.2. The van der Waals surface area contributed by atoms with Crippen LogP contribution in [0.5, 0.6) is 0 Å². The lowest BCUT2D eigenvalue weighted by atomic mass is 10.0. The van der Waals surface area contributed by atoms with Gasteiger partial charge in [-0.25, -0.2) is 4.98 Å². The minimum atomic E-state index is -0.0923. The van der Waals surface area contributed by atoms with Crippen LogP contribution in [0.1, 0.15) is 31.4 Å². The van der Waals surface area contributed by atoms with Crippen molar-refractivity contribution in [3.8, 4) is 0 Å². The first kappa shape index (κ1) is 11.8. The molecule has 0 amide bonds. The molecule has 0 spiro atoms. The molecule has 0 aliphatic carbocycles. The number of nitrogens with two attached hydrogens (primary N) is 1. The van der Waals surface area contributed by atoms with Gasteiger partial charge in [-0.15, -0.1) is 0 Å². The fourth-order valence-electron chi connectivity index (χ4n) is 1.91. The summed E-state index contributed by atoms with van der Waals surface area (Å²) in [6.45, 7) is 1.59. The molecule has 0 saturated carbocycles. The van der Waals surface area contributed by atoms with Crippen molar-refractivity contribution in [2.45, 2.75) is 25.8 Å². The van der Waals surface area contributed by atoms with E-state index in [0.29, 0.717) is 12.8 Å². The molecule has 1 aromatic carbocycles. The highest BCUT2D eigenvalue weighted by molar-refractivity contribution is 5.76. The third-order valence-corrected chi connectivity index (χ3v) is 2.99. The summed E-state index contributed by atoms with van der Waals surface area (Å²) in [5, 5.41) is 0. The average molecular weight is 231 g/mol. The molecular formula is C13H17N3O. The molecule has 4 nitrogen and oxygen atoms in total. The second-order valence-electron chi connectivity index (χ2n) is 4.45. The van der Waals surface area contributed by atoms with Gasteiger partial charge in [-0.2, -0.15) is 0 Å². The van der Waals surface area contributed by atoms with Crippen LogP contribution in [0.4, 0.5) is 0 Å². The van der Waals surface area contributed by atoms with E-state index in [1.54, 1.807) is 13.3 Å². The van der Waals surface area contributed by atoms with Gasteiger partial charge in [0.1, 0.15) is 5.78 Å². The van der Waals surface area contributed by atoms with Gasteiger partial charge in [-0.3, -0.25) is 0 Å². The molecule has 0 saturated heterocycles. The van der Waals surface area contributed by atoms with Crippen LogP contribution in [0.15, 0.2) is 24.5 Å². The molecule has 0 radical (unpaired) electrons. The number of ketones is 1. The minimum Gasteiger partial charge on any atom is -0.334 e. The minimum absolute atomic E-state index is 0.0923. The van der Waals surface area contributed by atoms with E-state index in [1.165, 1.54) is 0 Å². The highest BCUT2D eigenvalue weighted by atomic mass is 16.1. The molecule has 2 rings (SSSR count). The van der Waals surface area contributed by atoms with Crippen LogP contribution >= 0.6 is 0 Å². The van der Waals surface area contributed by atoms with Gasteiger partial charge in [-0.05, 0) is 31.0 Å². The van der Waals surface area contributed by atoms with Crippen LogP contribution in [0, 0.1) is 0 Å². The number of fused-ring (bicyclic) bond motifs is 1. The van der Waals surface area contributed by atoms with Gasteiger partial charge in [0.2, 0.25) is 0 Å². The van der Waals surface area contributed by atoms with Crippen molar-refractivity contribution in [1.82, 2.24) is 9.55 Å². The van der Waals surface area contributed by atoms with Crippen LogP contribution in [0.3, 0.4) is 0 Å². The second kappa shape index (κ2) is 4.67. The first-order chi connectivity index (χ1) is 8.08. The van der Waals surface area contributed by atoms with Crippen molar-refractivity contribution in [2.24, 2.45) is 12.8 Å². The Bertz CT molecular complexity index is 545. The third-order valence-electron chi connectivity index (χ3n) is 2.99. The van der Waals surface area contributed by atoms with Crippen LogP contribution in [-0.4, -0.2) is 15.3 Å². The summed E-state index contributed by atoms with van der Waals surface area (Å²) in [5.41, 5.74) is 9.13. The Kier molecular flexibility index (Phi) is 3.24. The Hall–Kier alpha value is -1.68. The topological polar surface area (TPSA) is 60.9 Å². The Labute approximate surface area is 100 Å². The molecule has 4 heteroatoms. The van der Waals surface area contributed by atoms with E-state index in [9.17, 15) is 4.79 Å². The third kappa shape index (κ3) is 2.53. The Morgan fingerprint density at radius 1 is 1.53 bits per heavy atom. The summed E-state index contributed by atoms with van der Waals surface area (Å²) < 4.78 is 1.97. The van der Waals surface area contributed by atoms with E-state index in [1.807, 2.05) is 29.8 Å².